The molecule has 1 heterocycles. The predicted molar refractivity (Wildman–Crippen MR) is 93.1 cm³/mol. The molecule has 9 heteroatoms. The first kappa shape index (κ1) is 17.8. The van der Waals surface area contributed by atoms with Gasteiger partial charge in [-0.3, -0.25) is 10.4 Å². The molecule has 2 aromatic carbocycles. The van der Waals surface area contributed by atoms with Crippen LogP contribution in [0.2, 0.25) is 5.02 Å². The summed E-state index contributed by atoms with van der Waals surface area (Å²) in [6.45, 7) is 0. The maximum atomic E-state index is 13.3. The van der Waals surface area contributed by atoms with Crippen LogP contribution < -0.4 is 10.6 Å². The fraction of sp³-hybridized carbons (Fsp3) is 0.0588. The van der Waals surface area contributed by atoms with E-state index in [2.05, 4.69) is 15.7 Å². The summed E-state index contributed by atoms with van der Waals surface area (Å²) in [6, 6.07) is 13.5. The van der Waals surface area contributed by atoms with Crippen LogP contribution in [0, 0.1) is 0 Å². The number of carbonyl (C=O) groups is 1. The van der Waals surface area contributed by atoms with Gasteiger partial charge in [0.05, 0.1) is 5.56 Å². The molecule has 2 amide bonds. The minimum absolute atomic E-state index is 0.233. The van der Waals surface area contributed by atoms with Crippen LogP contribution in [0.25, 0.3) is 11.1 Å². The van der Waals surface area contributed by atoms with Crippen molar-refractivity contribution in [1.82, 2.24) is 10.2 Å². The molecule has 26 heavy (non-hydrogen) atoms. The van der Waals surface area contributed by atoms with Crippen molar-refractivity contribution < 1.29 is 18.0 Å². The Hall–Kier alpha value is -3.00. The zero-order valence-corrected chi connectivity index (χ0v) is 13.8. The largest absolute Gasteiger partial charge is 0.433 e. The van der Waals surface area contributed by atoms with Gasteiger partial charge in [-0.2, -0.15) is 18.3 Å². The molecule has 0 bridgehead atoms. The van der Waals surface area contributed by atoms with Crippen molar-refractivity contribution in [3.8, 4) is 11.1 Å². The molecule has 0 spiro atoms. The van der Waals surface area contributed by atoms with E-state index in [1.165, 1.54) is 18.2 Å². The second kappa shape index (κ2) is 7.09. The van der Waals surface area contributed by atoms with Gasteiger partial charge in [0, 0.05) is 10.7 Å². The fourth-order valence-corrected chi connectivity index (χ4v) is 2.55. The maximum absolute atomic E-state index is 13.3. The monoisotopic (exact) mass is 380 g/mol. The number of nitrogens with one attached hydrogen (secondary N) is 3. The van der Waals surface area contributed by atoms with Crippen molar-refractivity contribution >= 4 is 29.1 Å². The maximum Gasteiger partial charge on any atom is 0.433 e. The van der Waals surface area contributed by atoms with Crippen LogP contribution in [-0.2, 0) is 6.18 Å². The molecule has 0 saturated carbocycles. The van der Waals surface area contributed by atoms with Crippen molar-refractivity contribution in [2.75, 3.05) is 10.6 Å². The lowest BCUT2D eigenvalue weighted by Gasteiger charge is -2.10. The molecular weight excluding hydrogens is 369 g/mol. The first-order valence-electron chi connectivity index (χ1n) is 7.39. The van der Waals surface area contributed by atoms with Crippen LogP contribution in [0.1, 0.15) is 5.69 Å². The third-order valence-electron chi connectivity index (χ3n) is 3.43. The van der Waals surface area contributed by atoms with E-state index in [9.17, 15) is 18.0 Å². The molecule has 0 atom stereocenters. The highest BCUT2D eigenvalue weighted by Crippen LogP contribution is 2.39. The van der Waals surface area contributed by atoms with Gasteiger partial charge >= 0.3 is 12.2 Å². The fourth-order valence-electron chi connectivity index (χ4n) is 2.36. The number of alkyl halides is 3. The molecule has 0 saturated heterocycles. The Morgan fingerprint density at radius 3 is 2.42 bits per heavy atom. The number of carbonyl (C=O) groups excluding carboxylic acids is 1. The topological polar surface area (TPSA) is 69.8 Å². The van der Waals surface area contributed by atoms with Crippen LogP contribution in [0.5, 0.6) is 0 Å². The van der Waals surface area contributed by atoms with E-state index in [0.717, 1.165) is 0 Å². The zero-order chi connectivity index (χ0) is 18.7. The molecule has 1 aromatic heterocycles. The molecule has 3 N–H and O–H groups in total. The predicted octanol–water partition coefficient (Wildman–Crippen LogP) is 5.39. The number of benzene rings is 2. The number of nitrogens with zero attached hydrogens (tertiary/aromatic N) is 1. The average Bonchev–Trinajstić information content (AvgIpc) is 2.99. The van der Waals surface area contributed by atoms with Crippen LogP contribution in [0.15, 0.2) is 54.6 Å². The summed E-state index contributed by atoms with van der Waals surface area (Å²) in [4.78, 5) is 12.1. The minimum atomic E-state index is -4.65. The lowest BCUT2D eigenvalue weighted by Crippen LogP contribution is -2.20. The SMILES string of the molecule is O=C(Nc1cccc(Cl)c1)Nc1n[nH]c(C(F)(F)F)c1-c1ccccc1. The Labute approximate surface area is 151 Å². The molecular formula is C17H12ClF3N4O. The van der Waals surface area contributed by atoms with E-state index in [-0.39, 0.29) is 16.9 Å². The van der Waals surface area contributed by atoms with Gasteiger partial charge in [0.15, 0.2) is 5.82 Å². The molecule has 0 unspecified atom stereocenters. The van der Waals surface area contributed by atoms with Crippen LogP contribution in [0.4, 0.5) is 29.5 Å². The third-order valence-corrected chi connectivity index (χ3v) is 3.66. The van der Waals surface area contributed by atoms with Crippen molar-refractivity contribution in [2.45, 2.75) is 6.18 Å². The molecule has 0 aliphatic heterocycles. The van der Waals surface area contributed by atoms with Crippen LogP contribution in [-0.4, -0.2) is 16.2 Å². The van der Waals surface area contributed by atoms with E-state index in [1.807, 2.05) is 5.10 Å². The normalized spacial score (nSPS) is 11.2. The van der Waals surface area contributed by atoms with Crippen LogP contribution in [0.3, 0.4) is 0 Å². The molecule has 0 aliphatic rings. The summed E-state index contributed by atoms with van der Waals surface area (Å²) in [7, 11) is 0. The number of hydrogen-bond acceptors (Lipinski definition) is 2. The number of urea groups is 1. The molecule has 3 rings (SSSR count). The number of H-pyrrole nitrogens is 1. The number of aromatic nitrogens is 2. The van der Waals surface area contributed by atoms with E-state index < -0.39 is 17.9 Å². The summed E-state index contributed by atoms with van der Waals surface area (Å²) < 4.78 is 39.8. The molecule has 134 valence electrons. The number of rotatable bonds is 3. The number of hydrogen-bond donors (Lipinski definition) is 3. The molecule has 3 aromatic rings. The van der Waals surface area contributed by atoms with Crippen LogP contribution >= 0.6 is 11.6 Å². The highest BCUT2D eigenvalue weighted by molar-refractivity contribution is 6.30. The third kappa shape index (κ3) is 3.97. The number of anilines is 2. The van der Waals surface area contributed by atoms with Crippen molar-refractivity contribution in [1.29, 1.82) is 0 Å². The van der Waals surface area contributed by atoms with E-state index in [4.69, 9.17) is 11.6 Å². The van der Waals surface area contributed by atoms with Gasteiger partial charge in [-0.15, -0.1) is 0 Å². The minimum Gasteiger partial charge on any atom is -0.308 e. The Kier molecular flexibility index (Phi) is 4.85. The first-order chi connectivity index (χ1) is 12.3. The van der Waals surface area contributed by atoms with Crippen molar-refractivity contribution in [2.24, 2.45) is 0 Å². The van der Waals surface area contributed by atoms with E-state index in [0.29, 0.717) is 10.7 Å². The average molecular weight is 381 g/mol. The Bertz CT molecular complexity index is 925. The number of amides is 2. The second-order valence-electron chi connectivity index (χ2n) is 5.28. The standard InChI is InChI=1S/C17H12ClF3N4O/c18-11-7-4-8-12(9-11)22-16(26)23-15-13(10-5-2-1-3-6-10)14(24-25-15)17(19,20)21/h1-9H,(H3,22,23,24,25,26). The van der Waals surface area contributed by atoms with Gasteiger partial charge < -0.3 is 5.32 Å². The molecule has 0 aliphatic carbocycles. The smallest absolute Gasteiger partial charge is 0.308 e. The Balaban J connectivity index is 1.90. The second-order valence-corrected chi connectivity index (χ2v) is 5.71. The van der Waals surface area contributed by atoms with Gasteiger partial charge in [0.25, 0.3) is 0 Å². The van der Waals surface area contributed by atoms with E-state index >= 15 is 0 Å². The Morgan fingerprint density at radius 1 is 1.04 bits per heavy atom. The molecule has 0 fully saturated rings. The summed E-state index contributed by atoms with van der Waals surface area (Å²) >= 11 is 5.83. The summed E-state index contributed by atoms with van der Waals surface area (Å²) in [5.74, 6) is -0.233. The van der Waals surface area contributed by atoms with Gasteiger partial charge in [-0.25, -0.2) is 4.79 Å². The molecule has 5 nitrogen and oxygen atoms in total. The highest BCUT2D eigenvalue weighted by atomic mass is 35.5. The first-order valence-corrected chi connectivity index (χ1v) is 7.77. The Morgan fingerprint density at radius 2 is 1.77 bits per heavy atom. The zero-order valence-electron chi connectivity index (χ0n) is 13.1. The summed E-state index contributed by atoms with van der Waals surface area (Å²) in [6.07, 6.45) is -4.65. The van der Waals surface area contributed by atoms with Crippen molar-refractivity contribution in [3.05, 3.63) is 65.3 Å². The number of halogens is 4. The lowest BCUT2D eigenvalue weighted by atomic mass is 10.1. The van der Waals surface area contributed by atoms with E-state index in [1.54, 1.807) is 36.4 Å². The van der Waals surface area contributed by atoms with Gasteiger partial charge in [-0.05, 0) is 23.8 Å². The van der Waals surface area contributed by atoms with Gasteiger partial charge in [0.1, 0.15) is 5.69 Å². The van der Waals surface area contributed by atoms with Gasteiger partial charge in [0.2, 0.25) is 0 Å². The summed E-state index contributed by atoms with van der Waals surface area (Å²) in [5, 5.41) is 10.8. The highest BCUT2D eigenvalue weighted by Gasteiger charge is 2.38. The number of aromatic amines is 1. The summed E-state index contributed by atoms with van der Waals surface area (Å²) in [5.41, 5.74) is -0.615. The van der Waals surface area contributed by atoms with Gasteiger partial charge in [-0.1, -0.05) is 48.0 Å². The quantitative estimate of drug-likeness (QED) is 0.570. The molecule has 0 radical (unpaired) electrons. The van der Waals surface area contributed by atoms with Crippen molar-refractivity contribution in [3.63, 3.8) is 0 Å². The lowest BCUT2D eigenvalue weighted by molar-refractivity contribution is -0.140.